The molecule has 0 bridgehead atoms. The van der Waals surface area contributed by atoms with Crippen molar-refractivity contribution in [2.75, 3.05) is 0 Å². The van der Waals surface area contributed by atoms with Gasteiger partial charge in [-0.25, -0.2) is 4.98 Å². The number of carbonyl (C=O) groups excluding carboxylic acids is 1. The largest absolute Gasteiger partial charge is 0.300 e. The summed E-state index contributed by atoms with van der Waals surface area (Å²) < 4.78 is 2.03. The highest BCUT2D eigenvalue weighted by Crippen LogP contribution is 2.43. The summed E-state index contributed by atoms with van der Waals surface area (Å²) in [6.45, 7) is 3.95. The summed E-state index contributed by atoms with van der Waals surface area (Å²) in [7, 11) is 0. The zero-order chi connectivity index (χ0) is 24.0. The van der Waals surface area contributed by atoms with Crippen molar-refractivity contribution < 1.29 is 4.79 Å². The summed E-state index contributed by atoms with van der Waals surface area (Å²) in [5.74, 6) is 0.642. The van der Waals surface area contributed by atoms with Crippen LogP contribution in [0.25, 0.3) is 0 Å². The van der Waals surface area contributed by atoms with E-state index in [2.05, 4.69) is 49.4 Å². The normalized spacial score (nSPS) is 11.2. The predicted octanol–water partition coefficient (Wildman–Crippen LogP) is 6.53. The number of nitrogens with zero attached hydrogens (tertiary/aromatic N) is 3. The van der Waals surface area contributed by atoms with Crippen LogP contribution >= 0.6 is 0 Å². The highest BCUT2D eigenvalue weighted by atomic mass is 16.1. The molecule has 0 atom stereocenters. The quantitative estimate of drug-likeness (QED) is 0.216. The summed E-state index contributed by atoms with van der Waals surface area (Å²) in [5.41, 5.74) is 2.74. The van der Waals surface area contributed by atoms with E-state index in [1.54, 1.807) is 0 Å². The highest BCUT2D eigenvalue weighted by Gasteiger charge is 2.42. The summed E-state index contributed by atoms with van der Waals surface area (Å²) >= 11 is 0. The Morgan fingerprint density at radius 1 is 0.853 bits per heavy atom. The average molecular weight is 448 g/mol. The van der Waals surface area contributed by atoms with E-state index in [4.69, 9.17) is 4.98 Å². The van der Waals surface area contributed by atoms with Gasteiger partial charge in [0.2, 0.25) is 0 Å². The fraction of sp³-hybridized carbons (Fsp3) is 0.233. The number of Topliss-reactive ketones (excluding diaryl/α,β-unsaturated/α-hetero) is 1. The average Bonchev–Trinajstić information content (AvgIpc) is 3.28. The fourth-order valence-corrected chi connectivity index (χ4v) is 4.72. The third-order valence-corrected chi connectivity index (χ3v) is 6.30. The van der Waals surface area contributed by atoms with E-state index in [0.29, 0.717) is 18.5 Å². The standard InChI is InChI=1S/C30H29N3O/c1-3-5-21-28-32-29(27(34)4-2)26(22-31)33(28)30(23-15-9-6-10-16-23,24-17-11-7-12-18-24)25-19-13-8-14-20-25/h6-20H,3-5,21H2,1-2H3. The number of unbranched alkanes of at least 4 members (excludes halogenated alkanes) is 1. The monoisotopic (exact) mass is 447 g/mol. The fourth-order valence-electron chi connectivity index (χ4n) is 4.72. The third kappa shape index (κ3) is 3.95. The molecule has 170 valence electrons. The van der Waals surface area contributed by atoms with E-state index in [1.807, 2.05) is 66.1 Å². The van der Waals surface area contributed by atoms with Crippen LogP contribution in [0.2, 0.25) is 0 Å². The Balaban J connectivity index is 2.22. The minimum atomic E-state index is -0.864. The number of benzene rings is 3. The Morgan fingerprint density at radius 2 is 1.32 bits per heavy atom. The second-order valence-electron chi connectivity index (χ2n) is 8.36. The number of aromatic nitrogens is 2. The van der Waals surface area contributed by atoms with Crippen LogP contribution in [0.15, 0.2) is 91.0 Å². The van der Waals surface area contributed by atoms with Crippen LogP contribution in [0.4, 0.5) is 0 Å². The van der Waals surface area contributed by atoms with Gasteiger partial charge in [0.1, 0.15) is 23.1 Å². The molecule has 4 nitrogen and oxygen atoms in total. The van der Waals surface area contributed by atoms with Crippen LogP contribution in [0.3, 0.4) is 0 Å². The number of aryl methyl sites for hydroxylation is 1. The van der Waals surface area contributed by atoms with Crippen molar-refractivity contribution in [3.8, 4) is 6.07 Å². The Morgan fingerprint density at radius 3 is 1.71 bits per heavy atom. The molecule has 1 aromatic heterocycles. The van der Waals surface area contributed by atoms with Crippen molar-refractivity contribution in [1.82, 2.24) is 9.55 Å². The first-order chi connectivity index (χ1) is 16.7. The first kappa shape index (κ1) is 23.2. The van der Waals surface area contributed by atoms with Crippen LogP contribution in [0, 0.1) is 11.3 Å². The van der Waals surface area contributed by atoms with Gasteiger partial charge in [-0.05, 0) is 23.1 Å². The molecule has 4 rings (SSSR count). The molecule has 1 heterocycles. The Labute approximate surface area is 201 Å². The molecule has 4 aromatic rings. The Kier molecular flexibility index (Phi) is 7.04. The second kappa shape index (κ2) is 10.3. The number of ketones is 1. The maximum Gasteiger partial charge on any atom is 0.183 e. The molecule has 0 aliphatic rings. The van der Waals surface area contributed by atoms with Gasteiger partial charge in [0.25, 0.3) is 0 Å². The number of nitriles is 1. The van der Waals surface area contributed by atoms with Crippen LogP contribution < -0.4 is 0 Å². The van der Waals surface area contributed by atoms with Gasteiger partial charge >= 0.3 is 0 Å². The highest BCUT2D eigenvalue weighted by molar-refractivity contribution is 5.96. The Hall–Kier alpha value is -3.97. The summed E-state index contributed by atoms with van der Waals surface area (Å²) in [4.78, 5) is 17.8. The molecular formula is C30H29N3O. The molecule has 0 aliphatic heterocycles. The van der Waals surface area contributed by atoms with E-state index >= 15 is 0 Å². The zero-order valence-electron chi connectivity index (χ0n) is 19.7. The zero-order valence-corrected chi connectivity index (χ0v) is 19.7. The third-order valence-electron chi connectivity index (χ3n) is 6.30. The predicted molar refractivity (Wildman–Crippen MR) is 135 cm³/mol. The van der Waals surface area contributed by atoms with E-state index in [1.165, 1.54) is 0 Å². The van der Waals surface area contributed by atoms with Crippen LogP contribution in [0.1, 0.15) is 71.8 Å². The molecule has 0 N–H and O–H groups in total. The smallest absolute Gasteiger partial charge is 0.183 e. The summed E-state index contributed by atoms with van der Waals surface area (Å²) in [5, 5.41) is 10.4. The molecule has 3 aromatic carbocycles. The van der Waals surface area contributed by atoms with Crippen molar-refractivity contribution in [3.05, 3.63) is 125 Å². The van der Waals surface area contributed by atoms with Crippen molar-refractivity contribution in [2.24, 2.45) is 0 Å². The van der Waals surface area contributed by atoms with Gasteiger partial charge in [0.05, 0.1) is 0 Å². The lowest BCUT2D eigenvalue weighted by molar-refractivity contribution is 0.0983. The molecule has 0 unspecified atom stereocenters. The minimum absolute atomic E-state index is 0.115. The maximum atomic E-state index is 12.9. The second-order valence-corrected chi connectivity index (χ2v) is 8.36. The van der Waals surface area contributed by atoms with Gasteiger partial charge in [-0.2, -0.15) is 5.26 Å². The van der Waals surface area contributed by atoms with Gasteiger partial charge in [0, 0.05) is 12.8 Å². The first-order valence-corrected chi connectivity index (χ1v) is 11.9. The number of rotatable bonds is 9. The molecule has 0 radical (unpaired) electrons. The lowest BCUT2D eigenvalue weighted by atomic mass is 9.76. The van der Waals surface area contributed by atoms with Crippen molar-refractivity contribution in [1.29, 1.82) is 5.26 Å². The van der Waals surface area contributed by atoms with Gasteiger partial charge in [0.15, 0.2) is 11.5 Å². The number of hydrogen-bond donors (Lipinski definition) is 0. The van der Waals surface area contributed by atoms with Crippen molar-refractivity contribution in [2.45, 2.75) is 45.1 Å². The first-order valence-electron chi connectivity index (χ1n) is 11.9. The molecule has 0 spiro atoms. The molecule has 0 saturated heterocycles. The van der Waals surface area contributed by atoms with Crippen LogP contribution in [0.5, 0.6) is 0 Å². The topological polar surface area (TPSA) is 58.7 Å². The lowest BCUT2D eigenvalue weighted by Crippen LogP contribution is -2.40. The molecule has 0 saturated carbocycles. The summed E-state index contributed by atoms with van der Waals surface area (Å²) in [6.07, 6.45) is 2.88. The molecule has 0 fully saturated rings. The number of imidazole rings is 1. The van der Waals surface area contributed by atoms with Gasteiger partial charge < -0.3 is 4.57 Å². The molecule has 0 amide bonds. The van der Waals surface area contributed by atoms with E-state index in [-0.39, 0.29) is 11.5 Å². The number of carbonyl (C=O) groups is 1. The van der Waals surface area contributed by atoms with Crippen LogP contribution in [-0.2, 0) is 12.0 Å². The van der Waals surface area contributed by atoms with Gasteiger partial charge in [-0.3, -0.25) is 4.79 Å². The molecule has 0 aliphatic carbocycles. The van der Waals surface area contributed by atoms with Gasteiger partial charge in [-0.1, -0.05) is 111 Å². The lowest BCUT2D eigenvalue weighted by Gasteiger charge is -2.39. The molecule has 4 heteroatoms. The summed E-state index contributed by atoms with van der Waals surface area (Å²) in [6, 6.07) is 33.0. The molecular weight excluding hydrogens is 418 g/mol. The van der Waals surface area contributed by atoms with E-state index in [0.717, 1.165) is 35.4 Å². The van der Waals surface area contributed by atoms with Crippen molar-refractivity contribution in [3.63, 3.8) is 0 Å². The van der Waals surface area contributed by atoms with Crippen molar-refractivity contribution >= 4 is 5.78 Å². The van der Waals surface area contributed by atoms with E-state index < -0.39 is 5.54 Å². The SMILES string of the molecule is CCCCc1nc(C(=O)CC)c(C#N)n1C(c1ccccc1)(c1ccccc1)c1ccccc1. The molecule has 34 heavy (non-hydrogen) atoms. The Bertz CT molecular complexity index is 1190. The maximum absolute atomic E-state index is 12.9. The number of hydrogen-bond acceptors (Lipinski definition) is 3. The van der Waals surface area contributed by atoms with Gasteiger partial charge in [-0.15, -0.1) is 0 Å². The van der Waals surface area contributed by atoms with E-state index in [9.17, 15) is 10.1 Å². The van der Waals surface area contributed by atoms with Crippen LogP contribution in [-0.4, -0.2) is 15.3 Å². The minimum Gasteiger partial charge on any atom is -0.300 e.